The Hall–Kier alpha value is -1.54. The maximum Gasteiger partial charge on any atom is 0.221 e. The van der Waals surface area contributed by atoms with Crippen molar-refractivity contribution in [3.8, 4) is 17.3 Å². The van der Waals surface area contributed by atoms with E-state index in [1.54, 1.807) is 6.20 Å². The van der Waals surface area contributed by atoms with E-state index < -0.39 is 19.3 Å². The first-order valence-corrected chi connectivity index (χ1v) is 20.6. The third-order valence-electron chi connectivity index (χ3n) is 8.90. The summed E-state index contributed by atoms with van der Waals surface area (Å²) in [6.07, 6.45) is 24.7. The SMILES string of the molecule is CCCCCC(C)CCCC(C)CCC[SiH2]c1cccnc1-c1cncc(O[SiH2]CC(C)CCC(C)CCCC)n1. The summed E-state index contributed by atoms with van der Waals surface area (Å²) in [6, 6.07) is 6.89. The number of hydrogen-bond donors (Lipinski definition) is 0. The number of unbranched alkanes of at least 4 members (excludes halogenated alkanes) is 3. The Morgan fingerprint density at radius 2 is 1.39 bits per heavy atom. The third kappa shape index (κ3) is 16.0. The highest BCUT2D eigenvalue weighted by atomic mass is 28.2. The highest BCUT2D eigenvalue weighted by molar-refractivity contribution is 6.55. The average molecular weight is 598 g/mol. The van der Waals surface area contributed by atoms with Crippen LogP contribution in [0.2, 0.25) is 12.1 Å². The highest BCUT2D eigenvalue weighted by Gasteiger charge is 2.12. The molecular weight excluding hydrogens is 535 g/mol. The molecule has 6 heteroatoms. The Bertz CT molecular complexity index is 928. The summed E-state index contributed by atoms with van der Waals surface area (Å²) < 4.78 is 6.20. The normalized spacial score (nSPS) is 15.1. The van der Waals surface area contributed by atoms with Crippen LogP contribution in [0.3, 0.4) is 0 Å². The van der Waals surface area contributed by atoms with Crippen molar-refractivity contribution in [1.82, 2.24) is 15.0 Å². The van der Waals surface area contributed by atoms with Crippen LogP contribution in [-0.2, 0) is 0 Å². The molecule has 0 bridgehead atoms. The molecule has 2 rings (SSSR count). The summed E-state index contributed by atoms with van der Waals surface area (Å²) in [5.41, 5.74) is 1.90. The number of hydrogen-bond acceptors (Lipinski definition) is 4. The predicted molar refractivity (Wildman–Crippen MR) is 185 cm³/mol. The first-order valence-electron chi connectivity index (χ1n) is 17.3. The molecule has 41 heavy (non-hydrogen) atoms. The van der Waals surface area contributed by atoms with E-state index in [1.807, 2.05) is 12.4 Å². The second-order valence-electron chi connectivity index (χ2n) is 13.2. The quantitative estimate of drug-likeness (QED) is 0.0897. The molecule has 0 radical (unpaired) electrons. The van der Waals surface area contributed by atoms with Gasteiger partial charge in [-0.05, 0) is 41.0 Å². The minimum atomic E-state index is -0.656. The van der Waals surface area contributed by atoms with Crippen molar-refractivity contribution in [3.63, 3.8) is 0 Å². The van der Waals surface area contributed by atoms with Crippen LogP contribution in [0.5, 0.6) is 5.88 Å². The van der Waals surface area contributed by atoms with Gasteiger partial charge in [0.15, 0.2) is 0 Å². The minimum Gasteiger partial charge on any atom is -0.535 e. The monoisotopic (exact) mass is 597 g/mol. The minimum absolute atomic E-state index is 0.391. The van der Waals surface area contributed by atoms with Crippen LogP contribution in [0.4, 0.5) is 0 Å². The van der Waals surface area contributed by atoms with Crippen molar-refractivity contribution >= 4 is 24.5 Å². The van der Waals surface area contributed by atoms with Crippen molar-refractivity contribution in [2.24, 2.45) is 23.7 Å². The molecule has 0 saturated heterocycles. The van der Waals surface area contributed by atoms with Gasteiger partial charge in [-0.15, -0.1) is 0 Å². The molecule has 0 amide bonds. The van der Waals surface area contributed by atoms with Gasteiger partial charge in [-0.25, -0.2) is 4.98 Å². The lowest BCUT2D eigenvalue weighted by Gasteiger charge is -2.15. The number of pyridine rings is 1. The molecular formula is C35H63N3OSi2. The Morgan fingerprint density at radius 3 is 2.15 bits per heavy atom. The molecule has 0 N–H and O–H groups in total. The average Bonchev–Trinajstić information content (AvgIpc) is 2.97. The zero-order valence-electron chi connectivity index (χ0n) is 27.7. The molecule has 2 aromatic heterocycles. The maximum atomic E-state index is 6.20. The highest BCUT2D eigenvalue weighted by Crippen LogP contribution is 2.22. The van der Waals surface area contributed by atoms with Gasteiger partial charge in [-0.1, -0.05) is 144 Å². The van der Waals surface area contributed by atoms with Gasteiger partial charge in [0.1, 0.15) is 5.69 Å². The van der Waals surface area contributed by atoms with E-state index in [1.165, 1.54) is 107 Å². The van der Waals surface area contributed by atoms with Crippen LogP contribution < -0.4 is 9.61 Å². The number of nitrogens with zero attached hydrogens (tertiary/aromatic N) is 3. The fourth-order valence-corrected chi connectivity index (χ4v) is 8.72. The van der Waals surface area contributed by atoms with Crippen LogP contribution >= 0.6 is 0 Å². The molecule has 0 aliphatic carbocycles. The molecule has 0 fully saturated rings. The van der Waals surface area contributed by atoms with E-state index in [4.69, 9.17) is 14.4 Å². The summed E-state index contributed by atoms with van der Waals surface area (Å²) in [6.45, 7) is 14.3. The van der Waals surface area contributed by atoms with E-state index >= 15 is 0 Å². The maximum absolute atomic E-state index is 6.20. The molecule has 232 valence electrons. The Balaban J connectivity index is 1.73. The van der Waals surface area contributed by atoms with Gasteiger partial charge in [-0.3, -0.25) is 9.97 Å². The topological polar surface area (TPSA) is 47.9 Å². The fraction of sp³-hybridized carbons (Fsp3) is 0.743. The molecule has 2 heterocycles. The summed E-state index contributed by atoms with van der Waals surface area (Å²) >= 11 is 0. The zero-order valence-corrected chi connectivity index (χ0v) is 30.5. The van der Waals surface area contributed by atoms with Crippen LogP contribution in [-0.4, -0.2) is 34.2 Å². The molecule has 2 aromatic rings. The second-order valence-corrected chi connectivity index (χ2v) is 16.4. The lowest BCUT2D eigenvalue weighted by atomic mass is 9.93. The van der Waals surface area contributed by atoms with Crippen LogP contribution in [0.25, 0.3) is 11.4 Å². The molecule has 0 aliphatic rings. The lowest BCUT2D eigenvalue weighted by Crippen LogP contribution is -2.19. The Morgan fingerprint density at radius 1 is 0.732 bits per heavy atom. The molecule has 4 unspecified atom stereocenters. The summed E-state index contributed by atoms with van der Waals surface area (Å²) in [5.74, 6) is 4.01. The van der Waals surface area contributed by atoms with Crippen LogP contribution in [0.1, 0.15) is 131 Å². The van der Waals surface area contributed by atoms with E-state index in [2.05, 4.69) is 58.7 Å². The smallest absolute Gasteiger partial charge is 0.221 e. The molecule has 4 atom stereocenters. The summed E-state index contributed by atoms with van der Waals surface area (Å²) in [5, 5.41) is 1.41. The van der Waals surface area contributed by atoms with Gasteiger partial charge in [-0.2, -0.15) is 0 Å². The van der Waals surface area contributed by atoms with Gasteiger partial charge in [0.2, 0.25) is 15.6 Å². The third-order valence-corrected chi connectivity index (χ3v) is 12.6. The molecule has 0 spiro atoms. The van der Waals surface area contributed by atoms with Crippen molar-refractivity contribution in [1.29, 1.82) is 0 Å². The second kappa shape index (κ2) is 22.1. The summed E-state index contributed by atoms with van der Waals surface area (Å²) in [7, 11) is -1.05. The van der Waals surface area contributed by atoms with E-state index in [0.29, 0.717) is 5.88 Å². The van der Waals surface area contributed by atoms with Gasteiger partial charge in [0.05, 0.1) is 27.6 Å². The standard InChI is InChI=1S/C35H63N3OSi2/c1-7-9-11-16-28(3)17-12-18-29(4)19-14-24-40-33-20-13-23-37-35(33)32-25-36-26-34(38-32)39-41-27-31(6)22-21-30(5)15-10-8-2/h13,20,23,25-26,28-31H,7-12,14-19,21-22,24,27,40-41H2,1-6H3. The van der Waals surface area contributed by atoms with Crippen LogP contribution in [0, 0.1) is 23.7 Å². The largest absolute Gasteiger partial charge is 0.535 e. The van der Waals surface area contributed by atoms with Gasteiger partial charge >= 0.3 is 0 Å². The van der Waals surface area contributed by atoms with Crippen molar-refractivity contribution < 1.29 is 4.43 Å². The van der Waals surface area contributed by atoms with E-state index in [-0.39, 0.29) is 0 Å². The van der Waals surface area contributed by atoms with E-state index in [9.17, 15) is 0 Å². The predicted octanol–water partition coefficient (Wildman–Crippen LogP) is 8.68. The van der Waals surface area contributed by atoms with Crippen molar-refractivity contribution in [2.45, 2.75) is 144 Å². The first-order chi connectivity index (χ1) is 19.9. The number of rotatable bonds is 24. The van der Waals surface area contributed by atoms with E-state index in [0.717, 1.165) is 35.1 Å². The van der Waals surface area contributed by atoms with Crippen LogP contribution in [0.15, 0.2) is 30.7 Å². The van der Waals surface area contributed by atoms with Gasteiger partial charge in [0.25, 0.3) is 0 Å². The molecule has 0 saturated carbocycles. The molecule has 0 aromatic carbocycles. The van der Waals surface area contributed by atoms with Crippen molar-refractivity contribution in [2.75, 3.05) is 0 Å². The Kier molecular flexibility index (Phi) is 19.2. The Labute approximate surface area is 258 Å². The first kappa shape index (κ1) is 35.7. The molecule has 4 nitrogen and oxygen atoms in total. The molecule has 0 aliphatic heterocycles. The zero-order chi connectivity index (χ0) is 29.7. The van der Waals surface area contributed by atoms with Gasteiger partial charge < -0.3 is 4.43 Å². The van der Waals surface area contributed by atoms with Crippen molar-refractivity contribution in [3.05, 3.63) is 30.7 Å². The number of aromatic nitrogens is 3. The lowest BCUT2D eigenvalue weighted by molar-refractivity contribution is 0.400. The summed E-state index contributed by atoms with van der Waals surface area (Å²) in [4.78, 5) is 14.1. The van der Waals surface area contributed by atoms with Gasteiger partial charge in [0, 0.05) is 6.20 Å². The fourth-order valence-electron chi connectivity index (χ4n) is 5.83.